The van der Waals surface area contributed by atoms with Crippen LogP contribution in [0.25, 0.3) is 17.2 Å². The van der Waals surface area contributed by atoms with E-state index in [4.69, 9.17) is 9.26 Å². The smallest absolute Gasteiger partial charge is 0.352 e. The van der Waals surface area contributed by atoms with Crippen molar-refractivity contribution in [2.75, 3.05) is 39.4 Å². The molecule has 1 aliphatic heterocycles. The van der Waals surface area contributed by atoms with E-state index in [1.54, 1.807) is 6.92 Å². The molecule has 3 aromatic rings. The summed E-state index contributed by atoms with van der Waals surface area (Å²) in [6.45, 7) is 5.58. The van der Waals surface area contributed by atoms with Gasteiger partial charge in [-0.05, 0) is 31.2 Å². The van der Waals surface area contributed by atoms with Crippen LogP contribution >= 0.6 is 0 Å². The molecule has 174 valence electrons. The van der Waals surface area contributed by atoms with Crippen LogP contribution in [0.15, 0.2) is 38.4 Å². The molecule has 12 nitrogen and oxygen atoms in total. The lowest BCUT2D eigenvalue weighted by Gasteiger charge is -2.26. The van der Waals surface area contributed by atoms with E-state index in [-0.39, 0.29) is 29.6 Å². The Morgan fingerprint density at radius 1 is 1.18 bits per heavy atom. The molecule has 0 unspecified atom stereocenters. The highest BCUT2D eigenvalue weighted by molar-refractivity contribution is 5.89. The van der Waals surface area contributed by atoms with Gasteiger partial charge in [0, 0.05) is 32.7 Å². The number of halogens is 1. The van der Waals surface area contributed by atoms with E-state index >= 15 is 0 Å². The van der Waals surface area contributed by atoms with Gasteiger partial charge in [0.15, 0.2) is 5.69 Å². The Morgan fingerprint density at radius 3 is 2.61 bits per heavy atom. The van der Waals surface area contributed by atoms with Crippen molar-refractivity contribution in [3.05, 3.63) is 56.8 Å². The average molecular weight is 459 g/mol. The zero-order valence-corrected chi connectivity index (χ0v) is 17.9. The second-order valence-corrected chi connectivity index (χ2v) is 7.20. The van der Waals surface area contributed by atoms with E-state index in [0.717, 1.165) is 34.5 Å². The number of ether oxygens (including phenoxy) is 1. The summed E-state index contributed by atoms with van der Waals surface area (Å²) < 4.78 is 25.5. The van der Waals surface area contributed by atoms with Crippen LogP contribution in [0.4, 0.5) is 4.39 Å². The quantitative estimate of drug-likeness (QED) is 0.503. The Bertz CT molecular complexity index is 1240. The molecule has 3 heterocycles. The maximum absolute atomic E-state index is 13.3. The maximum atomic E-state index is 13.3. The minimum absolute atomic E-state index is 0.0567. The predicted molar refractivity (Wildman–Crippen MR) is 113 cm³/mol. The molecule has 33 heavy (non-hydrogen) atoms. The van der Waals surface area contributed by atoms with Gasteiger partial charge in [0.25, 0.3) is 5.56 Å². The summed E-state index contributed by atoms with van der Waals surface area (Å²) in [7, 11) is 0. The summed E-state index contributed by atoms with van der Waals surface area (Å²) in [6, 6.07) is 5.03. The fourth-order valence-corrected chi connectivity index (χ4v) is 3.32. The first-order chi connectivity index (χ1) is 16.0. The van der Waals surface area contributed by atoms with Crippen molar-refractivity contribution in [3.63, 3.8) is 0 Å². The van der Waals surface area contributed by atoms with Crippen molar-refractivity contribution in [3.8, 4) is 17.2 Å². The van der Waals surface area contributed by atoms with Crippen LogP contribution in [0.2, 0.25) is 0 Å². The Hall–Kier alpha value is -3.71. The summed E-state index contributed by atoms with van der Waals surface area (Å²) in [5, 5.41) is 10.4. The number of amides is 1. The minimum Gasteiger partial charge on any atom is -0.379 e. The number of carbonyl (C=O) groups excluding carboxylic acids is 1. The SMILES string of the molecule is CCn1c(=O)c(-c2noc(C(=O)NCCN3CCOCC3)n2)nn(-c2ccc(F)cc2)c1=O. The molecule has 4 rings (SSSR count). The first-order valence-corrected chi connectivity index (χ1v) is 10.4. The molecule has 1 aliphatic rings. The lowest BCUT2D eigenvalue weighted by atomic mass is 10.3. The Balaban J connectivity index is 1.57. The van der Waals surface area contributed by atoms with Crippen LogP contribution in [0.3, 0.4) is 0 Å². The van der Waals surface area contributed by atoms with Crippen LogP contribution in [-0.2, 0) is 11.3 Å². The third-order valence-electron chi connectivity index (χ3n) is 5.10. The van der Waals surface area contributed by atoms with E-state index in [9.17, 15) is 18.8 Å². The number of morpholine rings is 1. The average Bonchev–Trinajstić information content (AvgIpc) is 3.31. The summed E-state index contributed by atoms with van der Waals surface area (Å²) in [5.41, 5.74) is -1.48. The van der Waals surface area contributed by atoms with E-state index < -0.39 is 23.0 Å². The fourth-order valence-electron chi connectivity index (χ4n) is 3.32. The van der Waals surface area contributed by atoms with Gasteiger partial charge in [-0.2, -0.15) is 14.8 Å². The maximum Gasteiger partial charge on any atom is 0.352 e. The number of aromatic nitrogens is 5. The molecule has 2 aromatic heterocycles. The fraction of sp³-hybridized carbons (Fsp3) is 0.400. The molecule has 1 aromatic carbocycles. The van der Waals surface area contributed by atoms with Gasteiger partial charge in [0.2, 0.25) is 5.82 Å². The second-order valence-electron chi connectivity index (χ2n) is 7.20. The van der Waals surface area contributed by atoms with Gasteiger partial charge < -0.3 is 14.6 Å². The normalized spacial score (nSPS) is 14.4. The van der Waals surface area contributed by atoms with Gasteiger partial charge in [0.05, 0.1) is 18.9 Å². The van der Waals surface area contributed by atoms with Gasteiger partial charge in [-0.25, -0.2) is 9.18 Å². The number of nitrogens with zero attached hydrogens (tertiary/aromatic N) is 6. The third kappa shape index (κ3) is 4.88. The molecule has 0 spiro atoms. The molecule has 0 radical (unpaired) electrons. The predicted octanol–water partition coefficient (Wildman–Crippen LogP) is -0.335. The van der Waals surface area contributed by atoms with Crippen molar-refractivity contribution in [2.24, 2.45) is 0 Å². The van der Waals surface area contributed by atoms with Crippen molar-refractivity contribution >= 4 is 5.91 Å². The standard InChI is InChI=1S/C20H22FN7O5/c1-2-27-19(30)15(24-28(20(27)31)14-5-3-13(21)4-6-14)16-23-18(33-25-16)17(29)22-7-8-26-9-11-32-12-10-26/h3-6H,2,7-12H2,1H3,(H,22,29). The first kappa shape index (κ1) is 22.5. The van der Waals surface area contributed by atoms with Gasteiger partial charge >= 0.3 is 17.5 Å². The number of hydrogen-bond donors (Lipinski definition) is 1. The molecule has 13 heteroatoms. The summed E-state index contributed by atoms with van der Waals surface area (Å²) in [4.78, 5) is 44.0. The molecule has 0 saturated carbocycles. The van der Waals surface area contributed by atoms with E-state index in [0.29, 0.717) is 26.3 Å². The summed E-state index contributed by atoms with van der Waals surface area (Å²) in [6.07, 6.45) is 0. The highest BCUT2D eigenvalue weighted by Gasteiger charge is 2.22. The number of benzene rings is 1. The van der Waals surface area contributed by atoms with Crippen LogP contribution < -0.4 is 16.6 Å². The van der Waals surface area contributed by atoms with Gasteiger partial charge in [0.1, 0.15) is 5.82 Å². The molecule has 0 bridgehead atoms. The van der Waals surface area contributed by atoms with E-state index in [1.807, 2.05) is 0 Å². The largest absolute Gasteiger partial charge is 0.379 e. The Labute approximate surface area is 186 Å². The van der Waals surface area contributed by atoms with Crippen molar-refractivity contribution in [1.82, 2.24) is 34.7 Å². The molecule has 0 atom stereocenters. The van der Waals surface area contributed by atoms with Crippen LogP contribution in [0.1, 0.15) is 17.6 Å². The molecule has 1 saturated heterocycles. The zero-order valence-electron chi connectivity index (χ0n) is 17.9. The van der Waals surface area contributed by atoms with E-state index in [1.165, 1.54) is 12.1 Å². The van der Waals surface area contributed by atoms with E-state index in [2.05, 4.69) is 25.5 Å². The Morgan fingerprint density at radius 2 is 1.91 bits per heavy atom. The van der Waals surface area contributed by atoms with Crippen molar-refractivity contribution < 1.29 is 18.4 Å². The number of hydrogen-bond acceptors (Lipinski definition) is 9. The lowest BCUT2D eigenvalue weighted by molar-refractivity contribution is 0.0382. The second kappa shape index (κ2) is 9.83. The van der Waals surface area contributed by atoms with Crippen LogP contribution in [-0.4, -0.2) is 74.7 Å². The molecule has 1 fully saturated rings. The molecule has 1 amide bonds. The third-order valence-corrected chi connectivity index (χ3v) is 5.10. The molecular weight excluding hydrogens is 437 g/mol. The highest BCUT2D eigenvalue weighted by Crippen LogP contribution is 2.10. The first-order valence-electron chi connectivity index (χ1n) is 10.4. The van der Waals surface area contributed by atoms with Gasteiger partial charge in [-0.15, -0.1) is 0 Å². The molecular formula is C20H22FN7O5. The van der Waals surface area contributed by atoms with Gasteiger partial charge in [-0.3, -0.25) is 19.1 Å². The molecule has 0 aliphatic carbocycles. The lowest BCUT2D eigenvalue weighted by Crippen LogP contribution is -2.41. The van der Waals surface area contributed by atoms with Crippen molar-refractivity contribution in [1.29, 1.82) is 0 Å². The molecule has 1 N–H and O–H groups in total. The van der Waals surface area contributed by atoms with Gasteiger partial charge in [-0.1, -0.05) is 5.16 Å². The highest BCUT2D eigenvalue weighted by atomic mass is 19.1. The summed E-state index contributed by atoms with van der Waals surface area (Å²) >= 11 is 0. The number of rotatable bonds is 7. The van der Waals surface area contributed by atoms with Crippen LogP contribution in [0.5, 0.6) is 0 Å². The van der Waals surface area contributed by atoms with Crippen LogP contribution in [0, 0.1) is 5.82 Å². The zero-order chi connectivity index (χ0) is 23.4. The number of nitrogens with one attached hydrogen (secondary N) is 1. The monoisotopic (exact) mass is 459 g/mol. The minimum atomic E-state index is -0.735. The van der Waals surface area contributed by atoms with Crippen molar-refractivity contribution in [2.45, 2.75) is 13.5 Å². The summed E-state index contributed by atoms with van der Waals surface area (Å²) in [5.74, 6) is -1.66. The number of carbonyl (C=O) groups is 1. The Kier molecular flexibility index (Phi) is 6.70. The topological polar surface area (TPSA) is 137 Å².